The molecule has 0 bridgehead atoms. The molecule has 2 aromatic heterocycles. The molecule has 4 rings (SSSR count). The molecule has 2 heterocycles. The summed E-state index contributed by atoms with van der Waals surface area (Å²) in [6.07, 6.45) is -8.75. The first-order valence-electron chi connectivity index (χ1n) is 10.6. The van der Waals surface area contributed by atoms with Crippen molar-refractivity contribution < 1.29 is 44.7 Å². The molecule has 1 saturated carbocycles. The number of imidazole rings is 1. The molecular weight excluding hydrogens is 551 g/mol. The number of fused-ring (bicyclic) bond motifs is 1. The van der Waals surface area contributed by atoms with Gasteiger partial charge in [-0.15, -0.1) is 0 Å². The molecule has 1 fully saturated rings. The van der Waals surface area contributed by atoms with Gasteiger partial charge in [0.2, 0.25) is 5.95 Å². The van der Waals surface area contributed by atoms with Crippen LogP contribution in [-0.4, -0.2) is 57.0 Å². The molecule has 37 heavy (non-hydrogen) atoms. The molecule has 9 nitrogen and oxygen atoms in total. The predicted octanol–water partition coefficient (Wildman–Crippen LogP) is 5.42. The molecule has 0 radical (unpaired) electrons. The Morgan fingerprint density at radius 3 is 2.22 bits per heavy atom. The van der Waals surface area contributed by atoms with Crippen LogP contribution in [0.4, 0.5) is 32.3 Å². The molecule has 0 aliphatic heterocycles. The Hall–Kier alpha value is -2.39. The number of ether oxygens (including phenoxy) is 1. The number of anilines is 1. The van der Waals surface area contributed by atoms with Gasteiger partial charge in [0, 0.05) is 4.90 Å². The molecule has 0 spiro atoms. The lowest BCUT2D eigenvalue weighted by Gasteiger charge is -2.23. The second-order valence-corrected chi connectivity index (χ2v) is 11.2. The number of nitrogens with two attached hydrogens (primary N) is 1. The topological polar surface area (TPSA) is 114 Å². The number of aromatic nitrogens is 4. The van der Waals surface area contributed by atoms with Crippen molar-refractivity contribution >= 4 is 36.5 Å². The SMILES string of the molecule is Nc1nc(Sc2ccccc2)c2ncn(CC3(OCP(=O)(OCC(F)(F)F)OCC(F)(F)F)CC3)c2n1. The van der Waals surface area contributed by atoms with Gasteiger partial charge in [-0.3, -0.25) is 13.6 Å². The van der Waals surface area contributed by atoms with Gasteiger partial charge in [0.25, 0.3) is 0 Å². The fraction of sp³-hybridized carbons (Fsp3) is 0.450. The van der Waals surface area contributed by atoms with Gasteiger partial charge in [0.1, 0.15) is 16.9 Å². The van der Waals surface area contributed by atoms with Gasteiger partial charge < -0.3 is 15.0 Å². The summed E-state index contributed by atoms with van der Waals surface area (Å²) in [4.78, 5) is 13.7. The van der Waals surface area contributed by atoms with Crippen molar-refractivity contribution in [3.05, 3.63) is 36.7 Å². The third kappa shape index (κ3) is 7.80. The first-order valence-corrected chi connectivity index (χ1v) is 13.2. The summed E-state index contributed by atoms with van der Waals surface area (Å²) in [5, 5.41) is 0.490. The maximum Gasteiger partial charge on any atom is 0.412 e. The lowest BCUT2D eigenvalue weighted by atomic mass is 10.3. The van der Waals surface area contributed by atoms with Crippen LogP contribution in [-0.2, 0) is 24.9 Å². The van der Waals surface area contributed by atoms with Gasteiger partial charge in [0.05, 0.1) is 18.5 Å². The summed E-state index contributed by atoms with van der Waals surface area (Å²) in [5.41, 5.74) is 5.62. The molecule has 0 amide bonds. The average molecular weight is 571 g/mol. The van der Waals surface area contributed by atoms with Crippen LogP contribution in [0.5, 0.6) is 0 Å². The van der Waals surface area contributed by atoms with Crippen molar-refractivity contribution in [1.82, 2.24) is 19.5 Å². The third-order valence-corrected chi connectivity index (χ3v) is 7.53. The van der Waals surface area contributed by atoms with E-state index >= 15 is 0 Å². The van der Waals surface area contributed by atoms with Gasteiger partial charge in [-0.2, -0.15) is 31.3 Å². The zero-order valence-electron chi connectivity index (χ0n) is 18.8. The third-order valence-electron chi connectivity index (χ3n) is 5.05. The summed E-state index contributed by atoms with van der Waals surface area (Å²) in [7, 11) is -4.90. The van der Waals surface area contributed by atoms with E-state index in [2.05, 4.69) is 24.0 Å². The Labute approximate surface area is 210 Å². The fourth-order valence-corrected chi connectivity index (χ4v) is 5.43. The molecule has 1 aliphatic rings. The number of alkyl halides is 6. The predicted molar refractivity (Wildman–Crippen MR) is 120 cm³/mol. The maximum absolute atomic E-state index is 12.6. The normalized spacial score (nSPS) is 15.8. The van der Waals surface area contributed by atoms with Crippen molar-refractivity contribution in [3.8, 4) is 0 Å². The van der Waals surface area contributed by atoms with Crippen LogP contribution in [0.15, 0.2) is 46.6 Å². The number of nitrogens with zero attached hydrogens (tertiary/aromatic N) is 4. The summed E-state index contributed by atoms with van der Waals surface area (Å²) in [5.74, 6) is -0.0240. The Balaban J connectivity index is 1.49. The Morgan fingerprint density at radius 2 is 1.65 bits per heavy atom. The van der Waals surface area contributed by atoms with Crippen LogP contribution in [0.25, 0.3) is 11.2 Å². The van der Waals surface area contributed by atoms with Crippen molar-refractivity contribution in [2.75, 3.05) is 25.3 Å². The number of rotatable bonds is 11. The Bertz CT molecular complexity index is 1260. The van der Waals surface area contributed by atoms with E-state index < -0.39 is 45.1 Å². The highest BCUT2D eigenvalue weighted by atomic mass is 32.2. The first kappa shape index (κ1) is 27.6. The van der Waals surface area contributed by atoms with Crippen LogP contribution >= 0.6 is 19.4 Å². The van der Waals surface area contributed by atoms with E-state index in [1.807, 2.05) is 30.3 Å². The summed E-state index contributed by atoms with van der Waals surface area (Å²) >= 11 is 1.31. The van der Waals surface area contributed by atoms with Crippen LogP contribution < -0.4 is 5.73 Å². The van der Waals surface area contributed by atoms with Gasteiger partial charge in [-0.05, 0) is 25.0 Å². The van der Waals surface area contributed by atoms with Crippen LogP contribution in [0.2, 0.25) is 0 Å². The van der Waals surface area contributed by atoms with E-state index in [4.69, 9.17) is 10.5 Å². The summed E-state index contributed by atoms with van der Waals surface area (Å²) in [6.45, 7) is -4.04. The van der Waals surface area contributed by atoms with Crippen molar-refractivity contribution in [1.29, 1.82) is 0 Å². The van der Waals surface area contributed by atoms with Gasteiger partial charge in [-0.25, -0.2) is 9.97 Å². The fourth-order valence-electron chi connectivity index (χ4n) is 3.19. The minimum atomic E-state index is -4.93. The largest absolute Gasteiger partial charge is 0.412 e. The number of nitrogen functional groups attached to an aromatic ring is 1. The minimum Gasteiger partial charge on any atom is -0.368 e. The zero-order valence-corrected chi connectivity index (χ0v) is 20.5. The van der Waals surface area contributed by atoms with E-state index in [9.17, 15) is 30.9 Å². The van der Waals surface area contributed by atoms with Gasteiger partial charge >= 0.3 is 19.9 Å². The molecule has 2 N–H and O–H groups in total. The second-order valence-electron chi connectivity index (χ2n) is 8.19. The first-order chi connectivity index (χ1) is 17.3. The van der Waals surface area contributed by atoms with Crippen LogP contribution in [0, 0.1) is 0 Å². The molecule has 0 saturated heterocycles. The highest BCUT2D eigenvalue weighted by Gasteiger charge is 2.48. The molecule has 202 valence electrons. The second kappa shape index (κ2) is 10.4. The highest BCUT2D eigenvalue weighted by Crippen LogP contribution is 2.53. The molecule has 3 aromatic rings. The van der Waals surface area contributed by atoms with Crippen LogP contribution in [0.1, 0.15) is 12.8 Å². The zero-order chi connectivity index (χ0) is 26.9. The quantitative estimate of drug-likeness (QED) is 0.183. The smallest absolute Gasteiger partial charge is 0.368 e. The highest BCUT2D eigenvalue weighted by molar-refractivity contribution is 7.99. The standard InChI is InChI=1S/C20H20F6N5O4PS/c21-19(22,23)9-34-36(32,35-10-20(24,25)26)12-33-18(6-7-18)8-31-11-28-14-15(31)29-17(27)30-16(14)37-13-4-2-1-3-5-13/h1-5,11H,6-10,12H2,(H2,27,29,30). The van der Waals surface area contributed by atoms with Crippen molar-refractivity contribution in [2.45, 2.75) is 47.3 Å². The van der Waals surface area contributed by atoms with Crippen molar-refractivity contribution in [3.63, 3.8) is 0 Å². The molecule has 1 aliphatic carbocycles. The van der Waals surface area contributed by atoms with Crippen LogP contribution in [0.3, 0.4) is 0 Å². The Kier molecular flexibility index (Phi) is 7.77. The number of halogens is 6. The maximum atomic E-state index is 12.6. The lowest BCUT2D eigenvalue weighted by molar-refractivity contribution is -0.166. The number of hydrogen-bond acceptors (Lipinski definition) is 9. The van der Waals surface area contributed by atoms with Gasteiger partial charge in [0.15, 0.2) is 18.9 Å². The number of hydrogen-bond donors (Lipinski definition) is 1. The van der Waals surface area contributed by atoms with E-state index in [0.29, 0.717) is 29.0 Å². The van der Waals surface area contributed by atoms with E-state index in [1.54, 1.807) is 4.57 Å². The van der Waals surface area contributed by atoms with Gasteiger partial charge in [-0.1, -0.05) is 30.0 Å². The van der Waals surface area contributed by atoms with E-state index in [0.717, 1.165) is 4.90 Å². The minimum absolute atomic E-state index is 0.0240. The lowest BCUT2D eigenvalue weighted by Crippen LogP contribution is -2.25. The molecule has 0 atom stereocenters. The molecular formula is C20H20F6N5O4PS. The van der Waals surface area contributed by atoms with E-state index in [-0.39, 0.29) is 12.5 Å². The summed E-state index contributed by atoms with van der Waals surface area (Å²) in [6, 6.07) is 9.31. The number of benzene rings is 1. The Morgan fingerprint density at radius 1 is 1.03 bits per heavy atom. The van der Waals surface area contributed by atoms with Crippen molar-refractivity contribution in [2.24, 2.45) is 0 Å². The monoisotopic (exact) mass is 571 g/mol. The van der Waals surface area contributed by atoms with E-state index in [1.165, 1.54) is 18.1 Å². The molecule has 0 unspecified atom stereocenters. The molecule has 17 heteroatoms. The molecule has 1 aromatic carbocycles. The summed E-state index contributed by atoms with van der Waals surface area (Å²) < 4.78 is 104. The average Bonchev–Trinajstić information content (AvgIpc) is 3.47.